The Morgan fingerprint density at radius 1 is 0.976 bits per heavy atom. The smallest absolute Gasteiger partial charge is 0.410 e. The Labute approximate surface area is 245 Å². The Hall–Kier alpha value is -2.30. The third-order valence-electron chi connectivity index (χ3n) is 10.4. The van der Waals surface area contributed by atoms with Crippen molar-refractivity contribution in [3.63, 3.8) is 0 Å². The molecule has 4 fully saturated rings. The second-order valence-electron chi connectivity index (χ2n) is 12.9. The maximum atomic E-state index is 13.3. The molecular formula is C31H50N6O4. The lowest BCUT2D eigenvalue weighted by atomic mass is 9.74. The summed E-state index contributed by atoms with van der Waals surface area (Å²) in [6.45, 7) is 17.5. The second-order valence-corrected chi connectivity index (χ2v) is 12.9. The van der Waals surface area contributed by atoms with Crippen LogP contribution in [0.25, 0.3) is 0 Å². The number of aryl methyl sites for hydroxylation is 2. The lowest BCUT2D eigenvalue weighted by molar-refractivity contribution is -0.133. The van der Waals surface area contributed by atoms with E-state index >= 15 is 0 Å². The van der Waals surface area contributed by atoms with Gasteiger partial charge in [0.25, 0.3) is 5.91 Å². The van der Waals surface area contributed by atoms with Crippen LogP contribution >= 0.6 is 0 Å². The number of unbranched alkanes of at least 4 members (excludes halogenated alkanes) is 1. The van der Waals surface area contributed by atoms with Gasteiger partial charge in [0.05, 0.1) is 30.2 Å². The summed E-state index contributed by atoms with van der Waals surface area (Å²) in [6, 6.07) is 0. The molecule has 4 saturated heterocycles. The minimum atomic E-state index is -0.354. The summed E-state index contributed by atoms with van der Waals surface area (Å²) >= 11 is 0. The van der Waals surface area contributed by atoms with Crippen molar-refractivity contribution >= 4 is 12.0 Å². The van der Waals surface area contributed by atoms with Crippen molar-refractivity contribution in [1.82, 2.24) is 29.6 Å². The summed E-state index contributed by atoms with van der Waals surface area (Å²) in [5, 5.41) is 0. The first-order valence-corrected chi connectivity index (χ1v) is 15.9. The van der Waals surface area contributed by atoms with E-state index in [-0.39, 0.29) is 23.1 Å². The van der Waals surface area contributed by atoms with Gasteiger partial charge in [-0.2, -0.15) is 0 Å². The number of amides is 2. The van der Waals surface area contributed by atoms with E-state index in [2.05, 4.69) is 33.6 Å². The molecule has 0 radical (unpaired) electrons. The Bertz CT molecular complexity index is 1040. The van der Waals surface area contributed by atoms with Gasteiger partial charge in [-0.05, 0) is 40.0 Å². The average Bonchev–Trinajstić information content (AvgIpc) is 2.97. The number of likely N-dealkylation sites (tertiary alicyclic amines) is 2. The molecule has 0 N–H and O–H groups in total. The van der Waals surface area contributed by atoms with E-state index < -0.39 is 0 Å². The molecule has 1 aromatic heterocycles. The number of rotatable bonds is 8. The fraction of sp³-hybridized carbons (Fsp3) is 0.806. The van der Waals surface area contributed by atoms with Crippen molar-refractivity contribution in [3.8, 4) is 0 Å². The molecule has 2 amide bonds. The second kappa shape index (κ2) is 12.9. The number of ether oxygens (including phenoxy) is 2. The Balaban J connectivity index is 1.17. The number of carbonyl (C=O) groups is 2. The van der Waals surface area contributed by atoms with Crippen LogP contribution in [0.5, 0.6) is 0 Å². The lowest BCUT2D eigenvalue weighted by Crippen LogP contribution is -2.64. The zero-order chi connectivity index (χ0) is 29.0. The third-order valence-corrected chi connectivity index (χ3v) is 10.4. The van der Waals surface area contributed by atoms with Gasteiger partial charge in [0, 0.05) is 83.2 Å². The van der Waals surface area contributed by atoms with Gasteiger partial charge in [-0.15, -0.1) is 0 Å². The zero-order valence-electron chi connectivity index (χ0n) is 25.7. The Morgan fingerprint density at radius 3 is 2.27 bits per heavy atom. The van der Waals surface area contributed by atoms with Crippen molar-refractivity contribution in [2.24, 2.45) is 5.92 Å². The van der Waals surface area contributed by atoms with E-state index in [1.807, 2.05) is 23.6 Å². The lowest BCUT2D eigenvalue weighted by Gasteiger charge is -2.55. The maximum Gasteiger partial charge on any atom is 0.410 e. The predicted octanol–water partition coefficient (Wildman–Crippen LogP) is 3.51. The van der Waals surface area contributed by atoms with E-state index in [0.29, 0.717) is 11.5 Å². The van der Waals surface area contributed by atoms with Crippen molar-refractivity contribution in [2.75, 3.05) is 72.1 Å². The fourth-order valence-electron chi connectivity index (χ4n) is 7.41. The summed E-state index contributed by atoms with van der Waals surface area (Å²) in [4.78, 5) is 44.0. The van der Waals surface area contributed by atoms with Crippen molar-refractivity contribution in [2.45, 2.75) is 83.8 Å². The molecule has 5 heterocycles. The first-order chi connectivity index (χ1) is 19.7. The van der Waals surface area contributed by atoms with Crippen LogP contribution in [0.15, 0.2) is 6.33 Å². The highest BCUT2D eigenvalue weighted by Gasteiger charge is 2.51. The van der Waals surface area contributed by atoms with Crippen LogP contribution in [-0.4, -0.2) is 125 Å². The molecule has 1 aromatic rings. The molecule has 1 spiro atoms. The van der Waals surface area contributed by atoms with E-state index in [1.165, 1.54) is 6.33 Å². The van der Waals surface area contributed by atoms with Crippen LogP contribution < -0.4 is 0 Å². The number of nitrogens with zero attached hydrogens (tertiary/aromatic N) is 6. The highest BCUT2D eigenvalue weighted by molar-refractivity contribution is 5.96. The molecule has 4 aliphatic heterocycles. The van der Waals surface area contributed by atoms with Crippen LogP contribution in [0.2, 0.25) is 0 Å². The summed E-state index contributed by atoms with van der Waals surface area (Å²) in [7, 11) is 0. The monoisotopic (exact) mass is 570 g/mol. The molecule has 0 bridgehead atoms. The quantitative estimate of drug-likeness (QED) is 0.469. The molecule has 5 rings (SSSR count). The van der Waals surface area contributed by atoms with Gasteiger partial charge in [-0.1, -0.05) is 19.8 Å². The fourth-order valence-corrected chi connectivity index (χ4v) is 7.41. The molecule has 10 heteroatoms. The molecule has 0 aromatic carbocycles. The van der Waals surface area contributed by atoms with E-state index in [9.17, 15) is 9.59 Å². The largest absolute Gasteiger partial charge is 0.442 e. The molecular weight excluding hydrogens is 520 g/mol. The minimum Gasteiger partial charge on any atom is -0.442 e. The summed E-state index contributed by atoms with van der Waals surface area (Å²) in [5.74, 6) is 0.421. The summed E-state index contributed by atoms with van der Waals surface area (Å²) in [6.07, 6.45) is 8.47. The number of hydrogen-bond acceptors (Lipinski definition) is 8. The van der Waals surface area contributed by atoms with Crippen LogP contribution in [0.1, 0.15) is 80.5 Å². The van der Waals surface area contributed by atoms with E-state index in [1.54, 1.807) is 0 Å². The maximum absolute atomic E-state index is 13.3. The molecule has 4 aliphatic rings. The standard InChI is InChI=1S/C31H50N6O4/c1-5-6-7-26-22-36(17-16-34-18-20-40-21-19-34)29(39)41-31(26)10-14-37(15-11-31)30(4)8-12-35(13-9-30)28(38)27-24(2)32-23-33-25(27)3/h23,26H,5-22H2,1-4H3. The summed E-state index contributed by atoms with van der Waals surface area (Å²) < 4.78 is 11.9. The normalized spacial score (nSPS) is 25.4. The topological polar surface area (TPSA) is 91.3 Å². The van der Waals surface area contributed by atoms with Gasteiger partial charge in [0.1, 0.15) is 11.9 Å². The third kappa shape index (κ3) is 6.54. The molecule has 228 valence electrons. The SMILES string of the molecule is CCCCC1CN(CCN2CCOCC2)C(=O)OC12CCN(C1(C)CCN(C(=O)c3c(C)ncnc3C)CC1)CC2. The Kier molecular flexibility index (Phi) is 9.50. The molecule has 1 atom stereocenters. The van der Waals surface area contributed by atoms with Crippen molar-refractivity contribution < 1.29 is 19.1 Å². The molecule has 41 heavy (non-hydrogen) atoms. The van der Waals surface area contributed by atoms with Gasteiger partial charge in [0.2, 0.25) is 0 Å². The predicted molar refractivity (Wildman–Crippen MR) is 157 cm³/mol. The molecule has 1 unspecified atom stereocenters. The van der Waals surface area contributed by atoms with E-state index in [0.717, 1.165) is 128 Å². The van der Waals surface area contributed by atoms with Gasteiger partial charge in [-0.25, -0.2) is 14.8 Å². The van der Waals surface area contributed by atoms with Crippen molar-refractivity contribution in [1.29, 1.82) is 0 Å². The first kappa shape index (κ1) is 30.2. The van der Waals surface area contributed by atoms with Crippen LogP contribution in [0, 0.1) is 19.8 Å². The van der Waals surface area contributed by atoms with Gasteiger partial charge in [-0.3, -0.25) is 14.6 Å². The highest BCUT2D eigenvalue weighted by Crippen LogP contribution is 2.43. The molecule has 0 saturated carbocycles. The Morgan fingerprint density at radius 2 is 1.63 bits per heavy atom. The van der Waals surface area contributed by atoms with Gasteiger partial charge < -0.3 is 19.3 Å². The minimum absolute atomic E-state index is 0.0391. The molecule has 10 nitrogen and oxygen atoms in total. The van der Waals surface area contributed by atoms with E-state index in [4.69, 9.17) is 9.47 Å². The van der Waals surface area contributed by atoms with Crippen molar-refractivity contribution in [3.05, 3.63) is 23.3 Å². The number of hydrogen-bond donors (Lipinski definition) is 0. The number of carbonyl (C=O) groups excluding carboxylic acids is 2. The number of morpholine rings is 1. The molecule has 0 aliphatic carbocycles. The number of aromatic nitrogens is 2. The number of piperidine rings is 2. The van der Waals surface area contributed by atoms with Crippen LogP contribution in [0.4, 0.5) is 4.79 Å². The van der Waals surface area contributed by atoms with Gasteiger partial charge >= 0.3 is 6.09 Å². The van der Waals surface area contributed by atoms with Crippen LogP contribution in [0.3, 0.4) is 0 Å². The first-order valence-electron chi connectivity index (χ1n) is 15.9. The van der Waals surface area contributed by atoms with Gasteiger partial charge in [0.15, 0.2) is 0 Å². The summed E-state index contributed by atoms with van der Waals surface area (Å²) in [5.41, 5.74) is 1.82. The average molecular weight is 571 g/mol. The highest BCUT2D eigenvalue weighted by atomic mass is 16.6. The zero-order valence-corrected chi connectivity index (χ0v) is 25.7. The van der Waals surface area contributed by atoms with Crippen LogP contribution in [-0.2, 0) is 9.47 Å².